The number of ether oxygens (including phenoxy) is 3. The first-order chi connectivity index (χ1) is 19.0. The monoisotopic (exact) mass is 530 g/mol. The Balaban J connectivity index is 1.51. The van der Waals surface area contributed by atoms with Crippen LogP contribution in [0.4, 0.5) is 10.3 Å². The van der Waals surface area contributed by atoms with Crippen LogP contribution in [0.5, 0.6) is 11.5 Å². The molecule has 0 radical (unpaired) electrons. The highest BCUT2D eigenvalue weighted by Gasteiger charge is 2.46. The van der Waals surface area contributed by atoms with Gasteiger partial charge in [0.2, 0.25) is 5.95 Å². The fourth-order valence-corrected chi connectivity index (χ4v) is 5.18. The van der Waals surface area contributed by atoms with E-state index >= 15 is 4.39 Å². The second kappa shape index (κ2) is 11.8. The zero-order chi connectivity index (χ0) is 27.2. The summed E-state index contributed by atoms with van der Waals surface area (Å²) in [5.74, 6) is 1.23. The van der Waals surface area contributed by atoms with E-state index < -0.39 is 29.8 Å². The van der Waals surface area contributed by atoms with Crippen LogP contribution in [0.1, 0.15) is 23.1 Å². The fraction of sp³-hybridized carbons (Fsp3) is 0.300. The number of nitrogens with one attached hydrogen (secondary N) is 1. The normalized spacial score (nSPS) is 20.9. The maximum atomic E-state index is 15.2. The Kier molecular flexibility index (Phi) is 7.99. The van der Waals surface area contributed by atoms with E-state index in [2.05, 4.69) is 20.3 Å². The number of methoxy groups -OCH3 is 2. The number of halogens is 1. The molecule has 8 nitrogen and oxygen atoms in total. The summed E-state index contributed by atoms with van der Waals surface area (Å²) < 4.78 is 32.9. The molecule has 202 valence electrons. The van der Waals surface area contributed by atoms with Crippen molar-refractivity contribution < 1.29 is 23.7 Å². The van der Waals surface area contributed by atoms with Gasteiger partial charge in [-0.15, -0.1) is 0 Å². The molecule has 0 amide bonds. The van der Waals surface area contributed by atoms with Gasteiger partial charge in [-0.2, -0.15) is 0 Å². The summed E-state index contributed by atoms with van der Waals surface area (Å²) in [4.78, 5) is 11.8. The molecule has 2 N–H and O–H groups in total. The molecule has 0 aliphatic heterocycles. The third-order valence-corrected chi connectivity index (χ3v) is 7.25. The number of nitrogens with zero attached hydrogens (tertiary/aromatic N) is 3. The Morgan fingerprint density at radius 3 is 1.92 bits per heavy atom. The fourth-order valence-electron chi connectivity index (χ4n) is 5.18. The Morgan fingerprint density at radius 1 is 0.846 bits per heavy atom. The highest BCUT2D eigenvalue weighted by atomic mass is 19.1. The van der Waals surface area contributed by atoms with Gasteiger partial charge in [0.05, 0.1) is 33.0 Å². The van der Waals surface area contributed by atoms with Crippen LogP contribution in [-0.4, -0.2) is 59.2 Å². The summed E-state index contributed by atoms with van der Waals surface area (Å²) in [6, 6.07) is 24.6. The van der Waals surface area contributed by atoms with Crippen molar-refractivity contribution in [2.24, 2.45) is 5.92 Å². The molecule has 0 unspecified atom stereocenters. The molecule has 5 rings (SSSR count). The summed E-state index contributed by atoms with van der Waals surface area (Å²) in [7, 11) is 3.24. The second-order valence-electron chi connectivity index (χ2n) is 9.46. The van der Waals surface area contributed by atoms with Gasteiger partial charge in [-0.1, -0.05) is 54.6 Å². The van der Waals surface area contributed by atoms with E-state index in [9.17, 15) is 5.11 Å². The molecule has 1 heterocycles. The molecular formula is C30H31FN4O4. The second-order valence-corrected chi connectivity index (χ2v) is 9.46. The van der Waals surface area contributed by atoms with Crippen molar-refractivity contribution in [3.8, 4) is 11.5 Å². The maximum Gasteiger partial charge on any atom is 0.225 e. The lowest BCUT2D eigenvalue weighted by Crippen LogP contribution is -2.37. The Hall–Kier alpha value is -4.08. The molecular weight excluding hydrogens is 499 g/mol. The first kappa shape index (κ1) is 26.5. The van der Waals surface area contributed by atoms with Crippen molar-refractivity contribution in [2.45, 2.75) is 30.3 Å². The van der Waals surface area contributed by atoms with Crippen molar-refractivity contribution in [2.75, 3.05) is 26.1 Å². The van der Waals surface area contributed by atoms with Crippen LogP contribution in [0.2, 0.25) is 0 Å². The maximum absolute atomic E-state index is 15.2. The standard InChI is InChI=1S/C30H31FN4O4/c1-37-24-12-8-22(9-13-24)30(21-6-4-3-5-7-21,23-10-14-25(38-2)15-11-23)39-17-20-16-26(27(31)28(20)36)35-29-33-18-32-19-34-29/h3-15,18-20,26-28,36H,16-17H2,1-2H3,(H,32,33,34,35)/t20-,26-,27+,28-/m1/s1. The lowest BCUT2D eigenvalue weighted by Gasteiger charge is -2.37. The largest absolute Gasteiger partial charge is 0.497 e. The third kappa shape index (κ3) is 5.41. The number of aliphatic hydroxyl groups excluding tert-OH is 1. The predicted octanol–water partition coefficient (Wildman–Crippen LogP) is 4.40. The smallest absolute Gasteiger partial charge is 0.225 e. The number of aromatic nitrogens is 3. The Bertz CT molecular complexity index is 1280. The number of alkyl halides is 1. The van der Waals surface area contributed by atoms with Gasteiger partial charge in [0.25, 0.3) is 0 Å². The van der Waals surface area contributed by atoms with E-state index in [1.807, 2.05) is 78.9 Å². The third-order valence-electron chi connectivity index (χ3n) is 7.25. The van der Waals surface area contributed by atoms with Crippen molar-refractivity contribution in [1.29, 1.82) is 0 Å². The van der Waals surface area contributed by atoms with Crippen LogP contribution < -0.4 is 14.8 Å². The summed E-state index contributed by atoms with van der Waals surface area (Å²) in [5.41, 5.74) is 1.57. The van der Waals surface area contributed by atoms with Crippen molar-refractivity contribution >= 4 is 5.95 Å². The van der Waals surface area contributed by atoms with E-state index in [-0.39, 0.29) is 12.6 Å². The number of hydrogen-bond acceptors (Lipinski definition) is 8. The van der Waals surface area contributed by atoms with Gasteiger partial charge in [0.1, 0.15) is 35.9 Å². The Morgan fingerprint density at radius 2 is 1.38 bits per heavy atom. The molecule has 0 saturated heterocycles. The summed E-state index contributed by atoms with van der Waals surface area (Å²) in [5, 5.41) is 13.9. The lowest BCUT2D eigenvalue weighted by atomic mass is 9.79. The van der Waals surface area contributed by atoms with Crippen molar-refractivity contribution in [3.05, 3.63) is 108 Å². The zero-order valence-electron chi connectivity index (χ0n) is 21.8. The molecule has 3 aromatic carbocycles. The van der Waals surface area contributed by atoms with Crippen molar-refractivity contribution in [1.82, 2.24) is 15.0 Å². The molecule has 1 aromatic heterocycles. The topological polar surface area (TPSA) is 98.6 Å². The van der Waals surface area contributed by atoms with E-state index in [0.717, 1.165) is 16.7 Å². The van der Waals surface area contributed by atoms with Gasteiger partial charge in [0, 0.05) is 5.92 Å². The molecule has 1 saturated carbocycles. The highest BCUT2D eigenvalue weighted by molar-refractivity contribution is 5.49. The SMILES string of the molecule is COc1ccc(C(OC[C@H]2C[C@@H](Nc3ncncn3)[C@H](F)[C@@H]2O)(c2ccccc2)c2ccc(OC)cc2)cc1. The van der Waals surface area contributed by atoms with E-state index in [0.29, 0.717) is 17.9 Å². The number of benzene rings is 3. The molecule has 0 spiro atoms. The Labute approximate surface area is 226 Å². The van der Waals surface area contributed by atoms with Gasteiger partial charge in [-0.25, -0.2) is 19.3 Å². The summed E-state index contributed by atoms with van der Waals surface area (Å²) in [6.07, 6.45) is 0.288. The first-order valence-corrected chi connectivity index (χ1v) is 12.7. The minimum absolute atomic E-state index is 0.101. The van der Waals surface area contributed by atoms with Crippen molar-refractivity contribution in [3.63, 3.8) is 0 Å². The van der Waals surface area contributed by atoms with Crippen LogP contribution in [0.3, 0.4) is 0 Å². The number of rotatable bonds is 10. The average Bonchev–Trinajstić information content (AvgIpc) is 3.27. The van der Waals surface area contributed by atoms with E-state index in [4.69, 9.17) is 14.2 Å². The quantitative estimate of drug-likeness (QED) is 0.291. The first-order valence-electron chi connectivity index (χ1n) is 12.7. The molecule has 39 heavy (non-hydrogen) atoms. The van der Waals surface area contributed by atoms with Gasteiger partial charge >= 0.3 is 0 Å². The van der Waals surface area contributed by atoms with Gasteiger partial charge < -0.3 is 24.6 Å². The van der Waals surface area contributed by atoms with Crippen LogP contribution in [0.15, 0.2) is 91.5 Å². The highest BCUT2D eigenvalue weighted by Crippen LogP contribution is 2.43. The minimum Gasteiger partial charge on any atom is -0.497 e. The van der Waals surface area contributed by atoms with Crippen LogP contribution in [-0.2, 0) is 10.3 Å². The molecule has 4 atom stereocenters. The number of aliphatic hydroxyl groups is 1. The number of anilines is 1. The van der Waals surface area contributed by atoms with Crippen LogP contribution in [0, 0.1) is 5.92 Å². The van der Waals surface area contributed by atoms with Crippen LogP contribution >= 0.6 is 0 Å². The van der Waals surface area contributed by atoms with E-state index in [1.54, 1.807) is 14.2 Å². The molecule has 9 heteroatoms. The molecule has 4 aromatic rings. The predicted molar refractivity (Wildman–Crippen MR) is 145 cm³/mol. The van der Waals surface area contributed by atoms with Gasteiger partial charge in [-0.05, 0) is 47.4 Å². The van der Waals surface area contributed by atoms with E-state index in [1.165, 1.54) is 12.7 Å². The summed E-state index contributed by atoms with van der Waals surface area (Å²) >= 11 is 0. The molecule has 1 aliphatic carbocycles. The summed E-state index contributed by atoms with van der Waals surface area (Å²) in [6.45, 7) is 0.101. The lowest BCUT2D eigenvalue weighted by molar-refractivity contribution is -0.0381. The zero-order valence-corrected chi connectivity index (χ0v) is 21.8. The minimum atomic E-state index is -1.51. The van der Waals surface area contributed by atoms with Gasteiger partial charge in [-0.3, -0.25) is 0 Å². The molecule has 1 aliphatic rings. The number of hydrogen-bond donors (Lipinski definition) is 2. The van der Waals surface area contributed by atoms with Crippen LogP contribution in [0.25, 0.3) is 0 Å². The molecule has 0 bridgehead atoms. The molecule has 1 fully saturated rings. The average molecular weight is 531 g/mol. The van der Waals surface area contributed by atoms with Gasteiger partial charge in [0.15, 0.2) is 0 Å².